The number of ether oxygens (including phenoxy) is 1. The summed E-state index contributed by atoms with van der Waals surface area (Å²) >= 11 is 9.80. The van der Waals surface area contributed by atoms with E-state index < -0.39 is 5.60 Å². The van der Waals surface area contributed by atoms with Crippen molar-refractivity contribution in [1.82, 2.24) is 14.5 Å². The molecule has 0 saturated carbocycles. The van der Waals surface area contributed by atoms with E-state index >= 15 is 0 Å². The van der Waals surface area contributed by atoms with Crippen LogP contribution in [0.15, 0.2) is 52.2 Å². The Bertz CT molecular complexity index is 1240. The summed E-state index contributed by atoms with van der Waals surface area (Å²) in [4.78, 5) is 19.1. The number of rotatable bonds is 5. The van der Waals surface area contributed by atoms with Gasteiger partial charge in [-0.15, -0.1) is 0 Å². The van der Waals surface area contributed by atoms with Gasteiger partial charge >= 0.3 is 6.09 Å². The molecule has 3 heterocycles. The van der Waals surface area contributed by atoms with Gasteiger partial charge in [-0.25, -0.2) is 14.3 Å². The smallest absolute Gasteiger partial charge is 0.410 e. The molecule has 1 aliphatic rings. The Labute approximate surface area is 212 Å². The Hall–Kier alpha value is -2.78. The molecule has 4 rings (SSSR count). The molecule has 1 saturated heterocycles. The number of nitrogens with one attached hydrogen (secondary N) is 1. The van der Waals surface area contributed by atoms with Gasteiger partial charge in [-0.1, -0.05) is 23.7 Å². The highest BCUT2D eigenvalue weighted by Gasteiger charge is 2.32. The number of amides is 1. The SMILES string of the molecule is CC(C)(C)OC(=O)N1CCC[C@H]1CNc1c(/C(N)=N/c2ccccc2Cl)cnn2cc(Br)cc12. The summed E-state index contributed by atoms with van der Waals surface area (Å²) < 4.78 is 8.25. The van der Waals surface area contributed by atoms with Crippen molar-refractivity contribution in [2.45, 2.75) is 45.3 Å². The highest BCUT2D eigenvalue weighted by atomic mass is 79.9. The van der Waals surface area contributed by atoms with Crippen molar-refractivity contribution < 1.29 is 9.53 Å². The molecule has 1 fully saturated rings. The monoisotopic (exact) mass is 546 g/mol. The number of halogens is 2. The van der Waals surface area contributed by atoms with E-state index in [0.29, 0.717) is 35.2 Å². The van der Waals surface area contributed by atoms with Crippen LogP contribution in [-0.4, -0.2) is 51.2 Å². The predicted octanol–water partition coefficient (Wildman–Crippen LogP) is 5.60. The molecule has 180 valence electrons. The van der Waals surface area contributed by atoms with Gasteiger partial charge in [0.05, 0.1) is 39.7 Å². The van der Waals surface area contributed by atoms with Crippen LogP contribution < -0.4 is 11.1 Å². The van der Waals surface area contributed by atoms with Crippen LogP contribution in [0.5, 0.6) is 0 Å². The van der Waals surface area contributed by atoms with Crippen molar-refractivity contribution in [2.24, 2.45) is 10.7 Å². The van der Waals surface area contributed by atoms with Crippen LogP contribution in [0.25, 0.3) is 5.52 Å². The number of hydrogen-bond donors (Lipinski definition) is 2. The molecule has 0 bridgehead atoms. The number of amidine groups is 1. The molecular weight excluding hydrogens is 520 g/mol. The van der Waals surface area contributed by atoms with Gasteiger partial charge in [-0.2, -0.15) is 5.10 Å². The van der Waals surface area contributed by atoms with E-state index in [9.17, 15) is 4.79 Å². The number of fused-ring (bicyclic) bond motifs is 1. The normalized spacial score (nSPS) is 16.8. The lowest BCUT2D eigenvalue weighted by Crippen LogP contribution is -2.42. The number of para-hydroxylation sites is 1. The molecule has 34 heavy (non-hydrogen) atoms. The van der Waals surface area contributed by atoms with Crippen LogP contribution in [0.3, 0.4) is 0 Å². The molecule has 0 radical (unpaired) electrons. The van der Waals surface area contributed by atoms with E-state index in [-0.39, 0.29) is 12.1 Å². The Kier molecular flexibility index (Phi) is 7.04. The van der Waals surface area contributed by atoms with E-state index in [2.05, 4.69) is 31.3 Å². The maximum absolute atomic E-state index is 12.7. The lowest BCUT2D eigenvalue weighted by Gasteiger charge is -2.29. The lowest BCUT2D eigenvalue weighted by atomic mass is 10.1. The average Bonchev–Trinajstić information content (AvgIpc) is 3.38. The largest absolute Gasteiger partial charge is 0.444 e. The molecule has 3 aromatic rings. The van der Waals surface area contributed by atoms with Gasteiger partial charge in [0.25, 0.3) is 0 Å². The summed E-state index contributed by atoms with van der Waals surface area (Å²) in [5, 5.41) is 8.51. The van der Waals surface area contributed by atoms with Crippen LogP contribution in [0.1, 0.15) is 39.2 Å². The van der Waals surface area contributed by atoms with E-state index in [1.807, 2.05) is 45.2 Å². The first-order chi connectivity index (χ1) is 16.1. The summed E-state index contributed by atoms with van der Waals surface area (Å²) in [6.45, 7) is 6.83. The number of carbonyl (C=O) groups is 1. The summed E-state index contributed by atoms with van der Waals surface area (Å²) in [7, 11) is 0. The fourth-order valence-corrected chi connectivity index (χ4v) is 4.55. The molecule has 0 aliphatic carbocycles. The minimum atomic E-state index is -0.538. The lowest BCUT2D eigenvalue weighted by molar-refractivity contribution is 0.0235. The summed E-state index contributed by atoms with van der Waals surface area (Å²) in [6.07, 6.45) is 5.07. The molecule has 1 atom stereocenters. The van der Waals surface area contributed by atoms with Gasteiger partial charge in [0.1, 0.15) is 11.4 Å². The molecule has 1 amide bonds. The number of nitrogens with two attached hydrogens (primary N) is 1. The van der Waals surface area contributed by atoms with Crippen LogP contribution in [0.2, 0.25) is 5.02 Å². The number of benzene rings is 1. The van der Waals surface area contributed by atoms with Crippen molar-refractivity contribution >= 4 is 56.4 Å². The highest BCUT2D eigenvalue weighted by molar-refractivity contribution is 9.10. The number of aromatic nitrogens is 2. The average molecular weight is 548 g/mol. The fraction of sp³-hybridized carbons (Fsp3) is 0.375. The molecule has 10 heteroatoms. The minimum absolute atomic E-state index is 0.00366. The quantitative estimate of drug-likeness (QED) is 0.320. The van der Waals surface area contributed by atoms with E-state index in [1.54, 1.807) is 27.7 Å². The maximum Gasteiger partial charge on any atom is 0.410 e. The summed E-state index contributed by atoms with van der Waals surface area (Å²) in [5.74, 6) is 0.290. The standard InChI is InChI=1S/C24H28BrClN6O2/c1-24(2,3)34-23(33)31-10-6-7-16(31)12-28-21-17(13-29-32-14-15(25)11-20(21)32)22(27)30-19-9-5-4-8-18(19)26/h4-5,8-9,11,13-14,16,28H,6-7,10,12H2,1-3H3,(H2,27,30)/t16-/m0/s1. The van der Waals surface area contributed by atoms with E-state index in [1.165, 1.54) is 0 Å². The summed E-state index contributed by atoms with van der Waals surface area (Å²) in [6, 6.07) is 9.23. The van der Waals surface area contributed by atoms with Crippen molar-refractivity contribution in [3.63, 3.8) is 0 Å². The molecule has 0 spiro atoms. The molecule has 1 aliphatic heterocycles. The zero-order chi connectivity index (χ0) is 24.5. The number of aliphatic imine (C=N–C) groups is 1. The van der Waals surface area contributed by atoms with Crippen molar-refractivity contribution in [2.75, 3.05) is 18.4 Å². The minimum Gasteiger partial charge on any atom is -0.444 e. The number of hydrogen-bond acceptors (Lipinski definition) is 5. The predicted molar refractivity (Wildman–Crippen MR) is 139 cm³/mol. The third-order valence-corrected chi connectivity index (χ3v) is 6.25. The van der Waals surface area contributed by atoms with Crippen LogP contribution in [0.4, 0.5) is 16.2 Å². The van der Waals surface area contributed by atoms with Crippen LogP contribution in [0, 0.1) is 0 Å². The Morgan fingerprint density at radius 3 is 2.88 bits per heavy atom. The number of carbonyl (C=O) groups excluding carboxylic acids is 1. The molecule has 2 aromatic heterocycles. The third-order valence-electron chi connectivity index (χ3n) is 5.49. The molecule has 3 N–H and O–H groups in total. The van der Waals surface area contributed by atoms with Gasteiger partial charge in [0, 0.05) is 23.8 Å². The first kappa shape index (κ1) is 24.3. The zero-order valence-corrected chi connectivity index (χ0v) is 21.7. The van der Waals surface area contributed by atoms with Crippen molar-refractivity contribution in [3.8, 4) is 0 Å². The number of nitrogens with zero attached hydrogens (tertiary/aromatic N) is 4. The first-order valence-corrected chi connectivity index (χ1v) is 12.3. The molecule has 0 unspecified atom stereocenters. The van der Waals surface area contributed by atoms with Crippen LogP contribution in [-0.2, 0) is 4.74 Å². The van der Waals surface area contributed by atoms with Gasteiger partial charge in [0.2, 0.25) is 0 Å². The van der Waals surface area contributed by atoms with Gasteiger partial charge in [0.15, 0.2) is 0 Å². The second-order valence-corrected chi connectivity index (χ2v) is 10.5. The second-order valence-electron chi connectivity index (χ2n) is 9.22. The van der Waals surface area contributed by atoms with Crippen LogP contribution >= 0.6 is 27.5 Å². The van der Waals surface area contributed by atoms with Crippen molar-refractivity contribution in [3.05, 3.63) is 57.8 Å². The molecule has 1 aromatic carbocycles. The molecular formula is C24H28BrClN6O2. The Morgan fingerprint density at radius 1 is 1.38 bits per heavy atom. The van der Waals surface area contributed by atoms with Gasteiger partial charge < -0.3 is 20.7 Å². The third kappa shape index (κ3) is 5.47. The Morgan fingerprint density at radius 2 is 2.15 bits per heavy atom. The van der Waals surface area contributed by atoms with Crippen molar-refractivity contribution in [1.29, 1.82) is 0 Å². The van der Waals surface area contributed by atoms with E-state index in [0.717, 1.165) is 28.5 Å². The number of likely N-dealkylation sites (tertiary alicyclic amines) is 1. The zero-order valence-electron chi connectivity index (χ0n) is 19.4. The Balaban J connectivity index is 1.64. The number of anilines is 1. The fourth-order valence-electron chi connectivity index (χ4n) is 3.97. The van der Waals surface area contributed by atoms with E-state index in [4.69, 9.17) is 22.1 Å². The maximum atomic E-state index is 12.7. The second kappa shape index (κ2) is 9.84. The van der Waals surface area contributed by atoms with Gasteiger partial charge in [-0.05, 0) is 67.7 Å². The topological polar surface area (TPSA) is 97.2 Å². The summed E-state index contributed by atoms with van der Waals surface area (Å²) in [5.41, 5.74) is 8.74. The molecule has 8 nitrogen and oxygen atoms in total. The highest BCUT2D eigenvalue weighted by Crippen LogP contribution is 2.29. The first-order valence-electron chi connectivity index (χ1n) is 11.1. The van der Waals surface area contributed by atoms with Gasteiger partial charge in [-0.3, -0.25) is 0 Å².